The van der Waals surface area contributed by atoms with Crippen molar-refractivity contribution in [2.45, 2.75) is 13.3 Å². The molecule has 2 N–H and O–H groups in total. The van der Waals surface area contributed by atoms with Gasteiger partial charge in [0, 0.05) is 19.2 Å². The molecule has 0 saturated carbocycles. The average Bonchev–Trinajstić information content (AvgIpc) is 2.65. The Morgan fingerprint density at radius 3 is 3.06 bits per heavy atom. The summed E-state index contributed by atoms with van der Waals surface area (Å²) < 4.78 is 0. The summed E-state index contributed by atoms with van der Waals surface area (Å²) >= 11 is 0. The summed E-state index contributed by atoms with van der Waals surface area (Å²) in [5.74, 6) is 0.0213. The zero-order chi connectivity index (χ0) is 11.5. The van der Waals surface area contributed by atoms with E-state index in [0.717, 1.165) is 5.56 Å². The van der Waals surface area contributed by atoms with Crippen LogP contribution in [0.15, 0.2) is 18.3 Å². The maximum atomic E-state index is 11.7. The lowest BCUT2D eigenvalue weighted by molar-refractivity contribution is -0.123. The zero-order valence-electron chi connectivity index (χ0n) is 8.99. The van der Waals surface area contributed by atoms with E-state index in [1.165, 1.54) is 0 Å². The topological polar surface area (TPSA) is 71.1 Å². The molecule has 1 aromatic heterocycles. The molecule has 2 amide bonds. The van der Waals surface area contributed by atoms with Gasteiger partial charge < -0.3 is 10.6 Å². The number of carbonyl (C=O) groups excluding carboxylic acids is 2. The van der Waals surface area contributed by atoms with Crippen molar-refractivity contribution in [3.63, 3.8) is 0 Å². The van der Waals surface area contributed by atoms with E-state index < -0.39 is 0 Å². The summed E-state index contributed by atoms with van der Waals surface area (Å²) in [6, 6.07) is 3.65. The van der Waals surface area contributed by atoms with Gasteiger partial charge >= 0.3 is 0 Å². The van der Waals surface area contributed by atoms with E-state index in [1.807, 2.05) is 13.0 Å². The van der Waals surface area contributed by atoms with Gasteiger partial charge in [-0.05, 0) is 24.6 Å². The van der Waals surface area contributed by atoms with Gasteiger partial charge in [-0.25, -0.2) is 4.98 Å². The molecule has 0 aromatic carbocycles. The molecule has 2 heterocycles. The van der Waals surface area contributed by atoms with Gasteiger partial charge in [-0.2, -0.15) is 0 Å². The van der Waals surface area contributed by atoms with Crippen LogP contribution in [0.5, 0.6) is 0 Å². The van der Waals surface area contributed by atoms with E-state index in [9.17, 15) is 9.59 Å². The summed E-state index contributed by atoms with van der Waals surface area (Å²) in [4.78, 5) is 26.7. The Balaban J connectivity index is 1.99. The molecule has 1 fully saturated rings. The molecule has 16 heavy (non-hydrogen) atoms. The minimum absolute atomic E-state index is 0.0719. The molecule has 0 radical (unpaired) electrons. The van der Waals surface area contributed by atoms with Crippen LogP contribution in [0.4, 0.5) is 5.82 Å². The molecule has 1 aromatic rings. The van der Waals surface area contributed by atoms with Gasteiger partial charge in [-0.15, -0.1) is 0 Å². The van der Waals surface area contributed by atoms with Crippen molar-refractivity contribution < 1.29 is 9.59 Å². The van der Waals surface area contributed by atoms with Crippen LogP contribution in [0, 0.1) is 12.8 Å². The number of aryl methyl sites for hydroxylation is 1. The maximum Gasteiger partial charge on any atom is 0.230 e. The minimum atomic E-state index is -0.283. The Hall–Kier alpha value is -1.91. The van der Waals surface area contributed by atoms with Crippen LogP contribution in [-0.2, 0) is 9.59 Å². The number of anilines is 1. The van der Waals surface area contributed by atoms with Crippen LogP contribution < -0.4 is 10.6 Å². The number of nitrogens with zero attached hydrogens (tertiary/aromatic N) is 1. The molecule has 84 valence electrons. The fraction of sp³-hybridized carbons (Fsp3) is 0.364. The number of amides is 2. The fourth-order valence-corrected chi connectivity index (χ4v) is 1.62. The predicted molar refractivity (Wildman–Crippen MR) is 58.7 cm³/mol. The van der Waals surface area contributed by atoms with Gasteiger partial charge in [-0.1, -0.05) is 0 Å². The van der Waals surface area contributed by atoms with Gasteiger partial charge in [-0.3, -0.25) is 9.59 Å². The molecule has 5 nitrogen and oxygen atoms in total. The molecular weight excluding hydrogens is 206 g/mol. The van der Waals surface area contributed by atoms with Crippen molar-refractivity contribution >= 4 is 17.6 Å². The quantitative estimate of drug-likeness (QED) is 0.759. The van der Waals surface area contributed by atoms with Crippen molar-refractivity contribution in [3.05, 3.63) is 23.9 Å². The minimum Gasteiger partial charge on any atom is -0.355 e. The molecule has 0 aliphatic carbocycles. The van der Waals surface area contributed by atoms with Gasteiger partial charge in [0.1, 0.15) is 5.82 Å². The van der Waals surface area contributed by atoms with E-state index in [0.29, 0.717) is 12.4 Å². The third kappa shape index (κ3) is 2.36. The highest BCUT2D eigenvalue weighted by Crippen LogP contribution is 2.12. The third-order valence-corrected chi connectivity index (χ3v) is 2.51. The van der Waals surface area contributed by atoms with Crippen molar-refractivity contribution in [2.24, 2.45) is 5.92 Å². The number of rotatable bonds is 2. The largest absolute Gasteiger partial charge is 0.355 e. The average molecular weight is 219 g/mol. The summed E-state index contributed by atoms with van der Waals surface area (Å²) in [7, 11) is 0. The normalized spacial score (nSPS) is 19.3. The fourth-order valence-electron chi connectivity index (χ4n) is 1.62. The Kier molecular flexibility index (Phi) is 2.85. The molecule has 0 bridgehead atoms. The number of hydrogen-bond acceptors (Lipinski definition) is 3. The third-order valence-electron chi connectivity index (χ3n) is 2.51. The number of pyridine rings is 1. The van der Waals surface area contributed by atoms with E-state index in [-0.39, 0.29) is 24.2 Å². The Morgan fingerprint density at radius 2 is 2.44 bits per heavy atom. The number of hydrogen-bond donors (Lipinski definition) is 2. The Bertz CT molecular complexity index is 431. The zero-order valence-corrected chi connectivity index (χ0v) is 8.99. The standard InChI is InChI=1S/C11H13N3O2/c1-7-2-3-12-9(4-7)14-11(16)8-5-10(15)13-6-8/h2-4,8H,5-6H2,1H3,(H,13,15)(H,12,14,16). The van der Waals surface area contributed by atoms with Gasteiger partial charge in [0.25, 0.3) is 0 Å². The van der Waals surface area contributed by atoms with Crippen molar-refractivity contribution in [1.29, 1.82) is 0 Å². The smallest absolute Gasteiger partial charge is 0.230 e. The Labute approximate surface area is 93.3 Å². The van der Waals surface area contributed by atoms with Crippen molar-refractivity contribution in [1.82, 2.24) is 10.3 Å². The van der Waals surface area contributed by atoms with E-state index in [1.54, 1.807) is 12.3 Å². The monoisotopic (exact) mass is 219 g/mol. The summed E-state index contributed by atoms with van der Waals surface area (Å²) in [5, 5.41) is 5.33. The molecule has 2 rings (SSSR count). The highest BCUT2D eigenvalue weighted by atomic mass is 16.2. The highest BCUT2D eigenvalue weighted by molar-refractivity contribution is 5.96. The highest BCUT2D eigenvalue weighted by Gasteiger charge is 2.27. The SMILES string of the molecule is Cc1ccnc(NC(=O)C2CNC(=O)C2)c1. The number of nitrogens with one attached hydrogen (secondary N) is 2. The van der Waals surface area contributed by atoms with Crippen molar-refractivity contribution in [2.75, 3.05) is 11.9 Å². The van der Waals surface area contributed by atoms with Gasteiger partial charge in [0.15, 0.2) is 0 Å². The molecule has 0 spiro atoms. The molecule has 1 saturated heterocycles. The van der Waals surface area contributed by atoms with Crippen LogP contribution in [0.1, 0.15) is 12.0 Å². The first-order valence-electron chi connectivity index (χ1n) is 5.15. The molecule has 1 atom stereocenters. The maximum absolute atomic E-state index is 11.7. The first-order valence-corrected chi connectivity index (χ1v) is 5.15. The van der Waals surface area contributed by atoms with Crippen LogP contribution in [-0.4, -0.2) is 23.3 Å². The van der Waals surface area contributed by atoms with Crippen molar-refractivity contribution in [3.8, 4) is 0 Å². The van der Waals surface area contributed by atoms with Crippen LogP contribution in [0.25, 0.3) is 0 Å². The first-order chi connectivity index (χ1) is 7.65. The number of aromatic nitrogens is 1. The lowest BCUT2D eigenvalue weighted by atomic mass is 10.1. The molecule has 1 unspecified atom stereocenters. The summed E-state index contributed by atoms with van der Waals surface area (Å²) in [5.41, 5.74) is 1.03. The first kappa shape index (κ1) is 10.6. The van der Waals surface area contributed by atoms with Gasteiger partial charge in [0.05, 0.1) is 5.92 Å². The molecule has 1 aliphatic rings. The second-order valence-corrected chi connectivity index (χ2v) is 3.91. The second-order valence-electron chi connectivity index (χ2n) is 3.91. The second kappa shape index (κ2) is 4.30. The van der Waals surface area contributed by atoms with Crippen LogP contribution >= 0.6 is 0 Å². The lowest BCUT2D eigenvalue weighted by Gasteiger charge is -2.08. The van der Waals surface area contributed by atoms with Crippen LogP contribution in [0.2, 0.25) is 0 Å². The van der Waals surface area contributed by atoms with E-state index >= 15 is 0 Å². The molecule has 1 aliphatic heterocycles. The molecular formula is C11H13N3O2. The Morgan fingerprint density at radius 1 is 1.62 bits per heavy atom. The van der Waals surface area contributed by atoms with Crippen LogP contribution in [0.3, 0.4) is 0 Å². The summed E-state index contributed by atoms with van der Waals surface area (Å²) in [6.07, 6.45) is 1.90. The number of carbonyl (C=O) groups is 2. The lowest BCUT2D eigenvalue weighted by Crippen LogP contribution is -2.25. The van der Waals surface area contributed by atoms with E-state index in [4.69, 9.17) is 0 Å². The predicted octanol–water partition coefficient (Wildman–Crippen LogP) is 0.465. The van der Waals surface area contributed by atoms with Gasteiger partial charge in [0.2, 0.25) is 11.8 Å². The summed E-state index contributed by atoms with van der Waals surface area (Å²) in [6.45, 7) is 2.34. The molecule has 5 heteroatoms. The van der Waals surface area contributed by atoms with E-state index in [2.05, 4.69) is 15.6 Å².